The van der Waals surface area contributed by atoms with Gasteiger partial charge in [0.25, 0.3) is 0 Å². The molecule has 4 rings (SSSR count). The molecule has 1 saturated carbocycles. The molecule has 7 nitrogen and oxygen atoms in total. The van der Waals surface area contributed by atoms with Crippen LogP contribution in [0.4, 0.5) is 4.79 Å². The molecule has 0 aromatic heterocycles. The van der Waals surface area contributed by atoms with E-state index in [9.17, 15) is 14.4 Å². The topological polar surface area (TPSA) is 105 Å². The average Bonchev–Trinajstić information content (AvgIpc) is 3.47. The Morgan fingerprint density at radius 3 is 2.19 bits per heavy atom. The summed E-state index contributed by atoms with van der Waals surface area (Å²) in [5.41, 5.74) is 3.61. The Hall–Kier alpha value is -3.35. The lowest BCUT2D eigenvalue weighted by Gasteiger charge is -2.19. The van der Waals surface area contributed by atoms with Crippen LogP contribution < -0.4 is 10.6 Å². The van der Waals surface area contributed by atoms with Crippen LogP contribution in [0.1, 0.15) is 43.2 Å². The van der Waals surface area contributed by atoms with Crippen molar-refractivity contribution < 1.29 is 24.2 Å². The van der Waals surface area contributed by atoms with Gasteiger partial charge in [-0.05, 0) is 41.5 Å². The minimum absolute atomic E-state index is 0.0420. The van der Waals surface area contributed by atoms with Crippen LogP contribution in [0.5, 0.6) is 0 Å². The number of benzene rings is 2. The van der Waals surface area contributed by atoms with Crippen molar-refractivity contribution >= 4 is 18.0 Å². The summed E-state index contributed by atoms with van der Waals surface area (Å²) >= 11 is 0. The van der Waals surface area contributed by atoms with Gasteiger partial charge in [0.2, 0.25) is 5.91 Å². The summed E-state index contributed by atoms with van der Waals surface area (Å²) in [5.74, 6) is -1.77. The van der Waals surface area contributed by atoms with E-state index in [0.29, 0.717) is 19.3 Å². The molecule has 0 aliphatic heterocycles. The van der Waals surface area contributed by atoms with Gasteiger partial charge in [0.05, 0.1) is 5.92 Å². The van der Waals surface area contributed by atoms with E-state index in [1.165, 1.54) is 0 Å². The molecule has 0 saturated heterocycles. The second kappa shape index (κ2) is 8.41. The van der Waals surface area contributed by atoms with Crippen LogP contribution in [0.15, 0.2) is 48.5 Å². The molecule has 2 aliphatic rings. The number of alkyl carbamates (subject to hydrolysis) is 1. The molecule has 31 heavy (non-hydrogen) atoms. The van der Waals surface area contributed by atoms with Crippen molar-refractivity contribution in [3.63, 3.8) is 0 Å². The van der Waals surface area contributed by atoms with E-state index in [-0.39, 0.29) is 25.0 Å². The van der Waals surface area contributed by atoms with E-state index in [2.05, 4.69) is 34.9 Å². The summed E-state index contributed by atoms with van der Waals surface area (Å²) in [5, 5.41) is 14.4. The Balaban J connectivity index is 1.33. The molecule has 0 radical (unpaired) electrons. The summed E-state index contributed by atoms with van der Waals surface area (Å²) in [6, 6.07) is 16.2. The van der Waals surface area contributed by atoms with E-state index >= 15 is 0 Å². The number of hydrogen-bond donors (Lipinski definition) is 3. The Bertz CT molecular complexity index is 969. The number of carboxylic acid groups (broad SMARTS) is 1. The van der Waals surface area contributed by atoms with Crippen molar-refractivity contribution in [1.82, 2.24) is 10.6 Å². The van der Waals surface area contributed by atoms with Gasteiger partial charge in [-0.2, -0.15) is 0 Å². The molecule has 7 heteroatoms. The highest BCUT2D eigenvalue weighted by molar-refractivity contribution is 5.92. The molecule has 0 heterocycles. The van der Waals surface area contributed by atoms with Crippen LogP contribution in [0.2, 0.25) is 0 Å². The predicted molar refractivity (Wildman–Crippen MR) is 115 cm³/mol. The quantitative estimate of drug-likeness (QED) is 0.606. The highest BCUT2D eigenvalue weighted by Gasteiger charge is 2.51. The normalized spacial score (nSPS) is 16.5. The first kappa shape index (κ1) is 20.9. The molecular weight excluding hydrogens is 396 g/mol. The minimum Gasteiger partial charge on any atom is -0.481 e. The van der Waals surface area contributed by atoms with Crippen LogP contribution >= 0.6 is 0 Å². The van der Waals surface area contributed by atoms with Crippen LogP contribution in [0.3, 0.4) is 0 Å². The molecule has 162 valence electrons. The predicted octanol–water partition coefficient (Wildman–Crippen LogP) is 3.28. The SMILES string of the molecule is CC(CCNC(=O)C1(NC(=O)OCC2c3ccccc3-c3ccccc32)CC1)C(=O)O. The van der Waals surface area contributed by atoms with E-state index in [4.69, 9.17) is 9.84 Å². The smallest absolute Gasteiger partial charge is 0.408 e. The van der Waals surface area contributed by atoms with Gasteiger partial charge in [0, 0.05) is 12.5 Å². The zero-order valence-electron chi connectivity index (χ0n) is 17.4. The number of carbonyl (C=O) groups is 3. The van der Waals surface area contributed by atoms with Gasteiger partial charge >= 0.3 is 12.1 Å². The van der Waals surface area contributed by atoms with E-state index in [0.717, 1.165) is 22.3 Å². The summed E-state index contributed by atoms with van der Waals surface area (Å²) in [4.78, 5) is 35.8. The van der Waals surface area contributed by atoms with Crippen LogP contribution in [-0.4, -0.2) is 41.8 Å². The molecule has 0 spiro atoms. The van der Waals surface area contributed by atoms with Crippen LogP contribution in [0.25, 0.3) is 11.1 Å². The standard InChI is InChI=1S/C24H26N2O5/c1-15(21(27)28)10-13-25-22(29)24(11-12-24)26-23(30)31-14-20-18-8-4-2-6-16(18)17-7-3-5-9-19(17)20/h2-9,15,20H,10-14H2,1H3,(H,25,29)(H,26,30)(H,27,28). The maximum Gasteiger partial charge on any atom is 0.408 e. The van der Waals surface area contributed by atoms with Crippen LogP contribution in [0, 0.1) is 5.92 Å². The molecule has 2 aromatic rings. The first-order chi connectivity index (χ1) is 14.9. The number of ether oxygens (including phenoxy) is 1. The number of nitrogens with one attached hydrogen (secondary N) is 2. The van der Waals surface area contributed by atoms with E-state index in [1.807, 2.05) is 24.3 Å². The lowest BCUT2D eigenvalue weighted by molar-refractivity contribution is -0.141. The van der Waals surface area contributed by atoms with Gasteiger partial charge in [0.1, 0.15) is 12.1 Å². The summed E-state index contributed by atoms with van der Waals surface area (Å²) in [6.07, 6.45) is 0.797. The zero-order chi connectivity index (χ0) is 22.0. The Kier molecular flexibility index (Phi) is 5.67. The first-order valence-electron chi connectivity index (χ1n) is 10.6. The lowest BCUT2D eigenvalue weighted by Crippen LogP contribution is -2.49. The fourth-order valence-electron chi connectivity index (χ4n) is 4.06. The van der Waals surface area contributed by atoms with Crippen molar-refractivity contribution in [2.24, 2.45) is 5.92 Å². The highest BCUT2D eigenvalue weighted by Crippen LogP contribution is 2.44. The number of fused-ring (bicyclic) bond motifs is 3. The van der Waals surface area contributed by atoms with Crippen molar-refractivity contribution in [1.29, 1.82) is 0 Å². The van der Waals surface area contributed by atoms with E-state index < -0.39 is 23.5 Å². The third-order valence-electron chi connectivity index (χ3n) is 6.15. The molecule has 2 amide bonds. The lowest BCUT2D eigenvalue weighted by atomic mass is 9.98. The van der Waals surface area contributed by atoms with Crippen molar-refractivity contribution in [3.05, 3.63) is 59.7 Å². The summed E-state index contributed by atoms with van der Waals surface area (Å²) in [7, 11) is 0. The maximum atomic E-state index is 12.5. The molecule has 3 N–H and O–H groups in total. The largest absolute Gasteiger partial charge is 0.481 e. The van der Waals surface area contributed by atoms with Gasteiger partial charge < -0.3 is 20.5 Å². The van der Waals surface area contributed by atoms with Gasteiger partial charge in [-0.25, -0.2) is 4.79 Å². The van der Waals surface area contributed by atoms with Gasteiger partial charge in [0.15, 0.2) is 0 Å². The molecule has 1 fully saturated rings. The zero-order valence-corrected chi connectivity index (χ0v) is 17.4. The third kappa shape index (κ3) is 4.26. The highest BCUT2D eigenvalue weighted by atomic mass is 16.5. The second-order valence-corrected chi connectivity index (χ2v) is 8.32. The number of rotatable bonds is 8. The summed E-state index contributed by atoms with van der Waals surface area (Å²) < 4.78 is 5.53. The molecule has 2 aliphatic carbocycles. The van der Waals surface area contributed by atoms with Crippen molar-refractivity contribution in [2.75, 3.05) is 13.2 Å². The van der Waals surface area contributed by atoms with Crippen molar-refractivity contribution in [2.45, 2.75) is 37.6 Å². The molecule has 2 aromatic carbocycles. The van der Waals surface area contributed by atoms with Gasteiger partial charge in [-0.3, -0.25) is 9.59 Å². The maximum absolute atomic E-state index is 12.5. The van der Waals surface area contributed by atoms with Gasteiger partial charge in [-0.15, -0.1) is 0 Å². The minimum atomic E-state index is -0.949. The molecule has 1 unspecified atom stereocenters. The molecular formula is C24H26N2O5. The third-order valence-corrected chi connectivity index (χ3v) is 6.15. The van der Waals surface area contributed by atoms with Gasteiger partial charge in [-0.1, -0.05) is 55.5 Å². The Morgan fingerprint density at radius 2 is 1.65 bits per heavy atom. The number of aliphatic carboxylic acids is 1. The number of hydrogen-bond acceptors (Lipinski definition) is 4. The van der Waals surface area contributed by atoms with Crippen molar-refractivity contribution in [3.8, 4) is 11.1 Å². The second-order valence-electron chi connectivity index (χ2n) is 8.32. The fourth-order valence-corrected chi connectivity index (χ4v) is 4.06. The average molecular weight is 422 g/mol. The molecule has 0 bridgehead atoms. The van der Waals surface area contributed by atoms with Crippen LogP contribution in [-0.2, 0) is 14.3 Å². The number of amides is 2. The number of carbonyl (C=O) groups excluding carboxylic acids is 2. The number of carboxylic acids is 1. The fraction of sp³-hybridized carbons (Fsp3) is 0.375. The Morgan fingerprint density at radius 1 is 1.06 bits per heavy atom. The summed E-state index contributed by atoms with van der Waals surface area (Å²) in [6.45, 7) is 2.03. The molecule has 1 atom stereocenters. The monoisotopic (exact) mass is 422 g/mol. The first-order valence-corrected chi connectivity index (χ1v) is 10.6. The Labute approximate surface area is 180 Å². The van der Waals surface area contributed by atoms with E-state index in [1.54, 1.807) is 6.92 Å².